The van der Waals surface area contributed by atoms with Crippen LogP contribution in [0.15, 0.2) is 11.1 Å². The van der Waals surface area contributed by atoms with Gasteiger partial charge in [-0.05, 0) is 6.42 Å². The Balaban J connectivity index is 2.87. The molecule has 0 saturated carbocycles. The second-order valence-electron chi connectivity index (χ2n) is 2.89. The Labute approximate surface area is 71.0 Å². The van der Waals surface area contributed by atoms with Gasteiger partial charge in [0, 0.05) is 5.92 Å². The van der Waals surface area contributed by atoms with Crippen LogP contribution in [0.1, 0.15) is 38.3 Å². The molecule has 66 valence electrons. The topological polar surface area (TPSA) is 58.6 Å². The van der Waals surface area contributed by atoms with Gasteiger partial charge in [-0.3, -0.25) is 4.79 Å². The molecule has 4 nitrogen and oxygen atoms in total. The summed E-state index contributed by atoms with van der Waals surface area (Å²) in [5.74, 6) is 0.201. The molecule has 0 bridgehead atoms. The molecule has 1 rings (SSSR count). The molecule has 12 heavy (non-hydrogen) atoms. The summed E-state index contributed by atoms with van der Waals surface area (Å²) in [6, 6.07) is 0. The Hall–Kier alpha value is -1.19. The molecule has 1 N–H and O–H groups in total. The summed E-state index contributed by atoms with van der Waals surface area (Å²) in [6.45, 7) is 4.07. The van der Waals surface area contributed by atoms with Crippen molar-refractivity contribution in [1.29, 1.82) is 0 Å². The number of aromatic amines is 1. The minimum atomic E-state index is -0.119. The van der Waals surface area contributed by atoms with Crippen LogP contribution in [0.25, 0.3) is 0 Å². The zero-order valence-corrected chi connectivity index (χ0v) is 7.37. The van der Waals surface area contributed by atoms with E-state index in [0.29, 0.717) is 5.69 Å². The Morgan fingerprint density at radius 2 is 2.42 bits per heavy atom. The molecule has 0 saturated heterocycles. The summed E-state index contributed by atoms with van der Waals surface area (Å²) in [5, 5.41) is 7.45. The highest BCUT2D eigenvalue weighted by atomic mass is 16.1. The molecular formula is C8H13N3O. The van der Waals surface area contributed by atoms with E-state index in [4.69, 9.17) is 0 Å². The normalized spacial score (nSPS) is 12.8. The van der Waals surface area contributed by atoms with Crippen LogP contribution in [0, 0.1) is 0 Å². The van der Waals surface area contributed by atoms with Gasteiger partial charge in [-0.25, -0.2) is 0 Å². The molecule has 0 amide bonds. The monoisotopic (exact) mass is 167 g/mol. The van der Waals surface area contributed by atoms with E-state index in [-0.39, 0.29) is 11.5 Å². The summed E-state index contributed by atoms with van der Waals surface area (Å²) in [5.41, 5.74) is 0.422. The van der Waals surface area contributed by atoms with Crippen LogP contribution in [0.2, 0.25) is 0 Å². The van der Waals surface area contributed by atoms with Crippen molar-refractivity contribution in [1.82, 2.24) is 15.2 Å². The number of nitrogens with one attached hydrogen (secondary N) is 1. The van der Waals surface area contributed by atoms with Crippen LogP contribution in [0.5, 0.6) is 0 Å². The number of hydrogen-bond acceptors (Lipinski definition) is 3. The molecule has 1 aromatic rings. The van der Waals surface area contributed by atoms with Gasteiger partial charge in [0.1, 0.15) is 12.0 Å². The fraction of sp³-hybridized carbons (Fsp3) is 0.625. The van der Waals surface area contributed by atoms with Crippen LogP contribution < -0.4 is 5.56 Å². The molecule has 4 heteroatoms. The summed E-state index contributed by atoms with van der Waals surface area (Å²) in [7, 11) is 0. The highest BCUT2D eigenvalue weighted by Crippen LogP contribution is 2.13. The lowest BCUT2D eigenvalue weighted by molar-refractivity contribution is 0.623. The first-order valence-electron chi connectivity index (χ1n) is 4.16. The summed E-state index contributed by atoms with van der Waals surface area (Å²) in [6.07, 6.45) is 3.34. The molecule has 1 atom stereocenters. The zero-order chi connectivity index (χ0) is 8.97. The summed E-state index contributed by atoms with van der Waals surface area (Å²) < 4.78 is 0. The molecule has 0 aromatic carbocycles. The minimum Gasteiger partial charge on any atom is -0.310 e. The second-order valence-corrected chi connectivity index (χ2v) is 2.89. The van der Waals surface area contributed by atoms with E-state index >= 15 is 0 Å². The zero-order valence-electron chi connectivity index (χ0n) is 7.37. The van der Waals surface area contributed by atoms with Crippen molar-refractivity contribution in [2.45, 2.75) is 32.6 Å². The molecule has 0 spiro atoms. The number of aromatic nitrogens is 3. The van der Waals surface area contributed by atoms with E-state index in [9.17, 15) is 4.79 Å². The van der Waals surface area contributed by atoms with Crippen molar-refractivity contribution in [2.24, 2.45) is 0 Å². The van der Waals surface area contributed by atoms with Gasteiger partial charge in [0.05, 0.1) is 0 Å². The number of hydrogen-bond donors (Lipinski definition) is 1. The van der Waals surface area contributed by atoms with Gasteiger partial charge < -0.3 is 4.98 Å². The van der Waals surface area contributed by atoms with Crippen molar-refractivity contribution < 1.29 is 0 Å². The fourth-order valence-corrected chi connectivity index (χ4v) is 1.19. The third-order valence-corrected chi connectivity index (χ3v) is 1.84. The van der Waals surface area contributed by atoms with Crippen molar-refractivity contribution in [3.05, 3.63) is 22.4 Å². The highest BCUT2D eigenvalue weighted by Gasteiger charge is 2.09. The lowest BCUT2D eigenvalue weighted by Crippen LogP contribution is -2.17. The maximum Gasteiger partial charge on any atom is 0.272 e. The van der Waals surface area contributed by atoms with E-state index < -0.39 is 0 Å². The summed E-state index contributed by atoms with van der Waals surface area (Å²) >= 11 is 0. The molecule has 0 radical (unpaired) electrons. The molecule has 0 fully saturated rings. The fourth-order valence-electron chi connectivity index (χ4n) is 1.19. The maximum atomic E-state index is 11.2. The Kier molecular flexibility index (Phi) is 2.96. The van der Waals surface area contributed by atoms with Gasteiger partial charge in [-0.2, -0.15) is 0 Å². The quantitative estimate of drug-likeness (QED) is 0.732. The van der Waals surface area contributed by atoms with Crippen molar-refractivity contribution in [3.63, 3.8) is 0 Å². The average Bonchev–Trinajstić information content (AvgIpc) is 2.05. The first-order chi connectivity index (χ1) is 5.75. The maximum absolute atomic E-state index is 11.2. The molecular weight excluding hydrogens is 154 g/mol. The van der Waals surface area contributed by atoms with E-state index in [2.05, 4.69) is 22.1 Å². The van der Waals surface area contributed by atoms with Gasteiger partial charge in [-0.1, -0.05) is 20.3 Å². The Morgan fingerprint density at radius 1 is 1.67 bits per heavy atom. The molecule has 0 aliphatic heterocycles. The Morgan fingerprint density at radius 3 is 3.00 bits per heavy atom. The van der Waals surface area contributed by atoms with Crippen molar-refractivity contribution >= 4 is 0 Å². The second kappa shape index (κ2) is 3.99. The molecule has 1 aromatic heterocycles. The third kappa shape index (κ3) is 1.90. The van der Waals surface area contributed by atoms with Gasteiger partial charge in [0.25, 0.3) is 5.56 Å². The van der Waals surface area contributed by atoms with Gasteiger partial charge >= 0.3 is 0 Å². The van der Waals surface area contributed by atoms with Gasteiger partial charge in [0.15, 0.2) is 0 Å². The van der Waals surface area contributed by atoms with Crippen LogP contribution in [-0.2, 0) is 0 Å². The average molecular weight is 167 g/mol. The SMILES string of the molecule is CCCC(C)c1nnc[nH]c1=O. The third-order valence-electron chi connectivity index (χ3n) is 1.84. The smallest absolute Gasteiger partial charge is 0.272 e. The molecule has 0 aliphatic carbocycles. The first kappa shape index (κ1) is 8.90. The molecule has 1 unspecified atom stereocenters. The number of nitrogens with zero attached hydrogens (tertiary/aromatic N) is 2. The van der Waals surface area contributed by atoms with Crippen LogP contribution in [-0.4, -0.2) is 15.2 Å². The predicted molar refractivity (Wildman–Crippen MR) is 46.0 cm³/mol. The summed E-state index contributed by atoms with van der Waals surface area (Å²) in [4.78, 5) is 13.7. The van der Waals surface area contributed by atoms with Crippen molar-refractivity contribution in [3.8, 4) is 0 Å². The standard InChI is InChI=1S/C8H13N3O/c1-3-4-6(2)7-8(12)9-5-10-11-7/h5-6H,3-4H2,1-2H3,(H,9,10,12). The van der Waals surface area contributed by atoms with E-state index in [1.807, 2.05) is 6.92 Å². The van der Waals surface area contributed by atoms with Crippen molar-refractivity contribution in [2.75, 3.05) is 0 Å². The van der Waals surface area contributed by atoms with Crippen LogP contribution in [0.3, 0.4) is 0 Å². The Bertz CT molecular complexity index is 294. The lowest BCUT2D eigenvalue weighted by Gasteiger charge is -2.05. The van der Waals surface area contributed by atoms with E-state index in [1.165, 1.54) is 6.33 Å². The number of H-pyrrole nitrogens is 1. The predicted octanol–water partition coefficient (Wildman–Crippen LogP) is 1.07. The molecule has 1 heterocycles. The number of rotatable bonds is 3. The van der Waals surface area contributed by atoms with Gasteiger partial charge in [0.2, 0.25) is 0 Å². The van der Waals surface area contributed by atoms with Crippen LogP contribution >= 0.6 is 0 Å². The lowest BCUT2D eigenvalue weighted by atomic mass is 10.0. The van der Waals surface area contributed by atoms with Gasteiger partial charge in [-0.15, -0.1) is 10.2 Å². The largest absolute Gasteiger partial charge is 0.310 e. The van der Waals surface area contributed by atoms with Crippen LogP contribution in [0.4, 0.5) is 0 Å². The first-order valence-corrected chi connectivity index (χ1v) is 4.16. The van der Waals surface area contributed by atoms with E-state index in [0.717, 1.165) is 12.8 Å². The highest BCUT2D eigenvalue weighted by molar-refractivity contribution is 4.99. The minimum absolute atomic E-state index is 0.119. The van der Waals surface area contributed by atoms with E-state index in [1.54, 1.807) is 0 Å². The molecule has 0 aliphatic rings.